The Hall–Kier alpha value is -1.59. The van der Waals surface area contributed by atoms with E-state index in [1.165, 1.54) is 11.1 Å². The lowest BCUT2D eigenvalue weighted by Gasteiger charge is -2.31. The zero-order valence-corrected chi connectivity index (χ0v) is 14.2. The van der Waals surface area contributed by atoms with Crippen molar-refractivity contribution in [3.63, 3.8) is 0 Å². The lowest BCUT2D eigenvalue weighted by Crippen LogP contribution is -2.44. The summed E-state index contributed by atoms with van der Waals surface area (Å²) in [6.07, 6.45) is 1.77. The van der Waals surface area contributed by atoms with Crippen molar-refractivity contribution < 1.29 is 9.59 Å². The summed E-state index contributed by atoms with van der Waals surface area (Å²) in [7, 11) is 0. The molecule has 5 nitrogen and oxygen atoms in total. The summed E-state index contributed by atoms with van der Waals surface area (Å²) >= 11 is 0. The molecule has 2 aliphatic heterocycles. The Morgan fingerprint density at radius 3 is 2.87 bits per heavy atom. The van der Waals surface area contributed by atoms with Crippen LogP contribution in [0.25, 0.3) is 0 Å². The Morgan fingerprint density at radius 1 is 1.30 bits per heavy atom. The first-order valence-corrected chi connectivity index (χ1v) is 7.98. The van der Waals surface area contributed by atoms with E-state index in [9.17, 15) is 9.59 Å². The van der Waals surface area contributed by atoms with E-state index in [1.807, 2.05) is 0 Å². The van der Waals surface area contributed by atoms with Crippen LogP contribution in [0.3, 0.4) is 0 Å². The maximum atomic E-state index is 12.3. The Labute approximate surface area is 143 Å². The second-order valence-corrected chi connectivity index (χ2v) is 6.23. The van der Waals surface area contributed by atoms with Gasteiger partial charge >= 0.3 is 0 Å². The first kappa shape index (κ1) is 17.8. The van der Waals surface area contributed by atoms with Gasteiger partial charge in [-0.05, 0) is 29.5 Å². The quantitative estimate of drug-likeness (QED) is 0.880. The van der Waals surface area contributed by atoms with Crippen molar-refractivity contribution in [3.05, 3.63) is 34.9 Å². The third-order valence-corrected chi connectivity index (χ3v) is 4.61. The van der Waals surface area contributed by atoms with Crippen molar-refractivity contribution in [1.29, 1.82) is 0 Å². The number of likely N-dealkylation sites (tertiary alicyclic amines) is 1. The molecule has 1 fully saturated rings. The molecule has 2 N–H and O–H groups in total. The number of piperidine rings is 1. The van der Waals surface area contributed by atoms with Gasteiger partial charge in [-0.1, -0.05) is 18.2 Å². The fourth-order valence-corrected chi connectivity index (χ4v) is 3.27. The van der Waals surface area contributed by atoms with Gasteiger partial charge in [0.25, 0.3) is 0 Å². The standard InChI is InChI=1S/C17H23N3O2.ClH/c1-12(21)20-6-2-3-15(11-20)17(22)19-8-13-4-5-14-9-18-10-16(14)7-13;/h4-5,7,15,18H,2-3,6,8-11H2,1H3,(H,19,22);1H. The minimum Gasteiger partial charge on any atom is -0.352 e. The van der Waals surface area contributed by atoms with Gasteiger partial charge in [-0.3, -0.25) is 9.59 Å². The fourth-order valence-electron chi connectivity index (χ4n) is 3.27. The van der Waals surface area contributed by atoms with Crippen LogP contribution >= 0.6 is 12.4 Å². The predicted molar refractivity (Wildman–Crippen MR) is 91.1 cm³/mol. The molecule has 0 aliphatic carbocycles. The summed E-state index contributed by atoms with van der Waals surface area (Å²) in [5.41, 5.74) is 3.81. The number of halogens is 1. The van der Waals surface area contributed by atoms with Crippen LogP contribution in [0.2, 0.25) is 0 Å². The Morgan fingerprint density at radius 2 is 2.09 bits per heavy atom. The maximum absolute atomic E-state index is 12.3. The molecule has 2 aliphatic rings. The Balaban J connectivity index is 0.00000192. The molecule has 0 spiro atoms. The normalized spacial score (nSPS) is 19.7. The molecule has 1 atom stereocenters. The van der Waals surface area contributed by atoms with Gasteiger partial charge in [0.15, 0.2) is 0 Å². The third kappa shape index (κ3) is 4.24. The highest BCUT2D eigenvalue weighted by molar-refractivity contribution is 5.85. The summed E-state index contributed by atoms with van der Waals surface area (Å²) < 4.78 is 0. The number of amides is 2. The molecule has 0 aromatic heterocycles. The largest absolute Gasteiger partial charge is 0.352 e. The van der Waals surface area contributed by atoms with E-state index >= 15 is 0 Å². The number of benzene rings is 1. The van der Waals surface area contributed by atoms with E-state index in [0.717, 1.165) is 38.0 Å². The molecule has 2 heterocycles. The molecule has 3 rings (SSSR count). The Bertz CT molecular complexity index is 591. The topological polar surface area (TPSA) is 61.4 Å². The lowest BCUT2D eigenvalue weighted by atomic mass is 9.97. The number of fused-ring (bicyclic) bond motifs is 1. The van der Waals surface area contributed by atoms with Crippen LogP contribution < -0.4 is 10.6 Å². The minimum atomic E-state index is -0.0752. The van der Waals surface area contributed by atoms with Crippen LogP contribution in [-0.2, 0) is 29.2 Å². The van der Waals surface area contributed by atoms with Gasteiger partial charge in [-0.2, -0.15) is 0 Å². The molecular formula is C17H24ClN3O2. The lowest BCUT2D eigenvalue weighted by molar-refractivity contribution is -0.134. The van der Waals surface area contributed by atoms with Gasteiger partial charge in [0, 0.05) is 39.6 Å². The van der Waals surface area contributed by atoms with E-state index < -0.39 is 0 Å². The molecule has 0 radical (unpaired) electrons. The molecular weight excluding hydrogens is 314 g/mol. The SMILES string of the molecule is CC(=O)N1CCCC(C(=O)NCc2ccc3c(c2)CNC3)C1.Cl. The van der Waals surface area contributed by atoms with E-state index in [1.54, 1.807) is 11.8 Å². The van der Waals surface area contributed by atoms with Crippen molar-refractivity contribution >= 4 is 24.2 Å². The highest BCUT2D eigenvalue weighted by Crippen LogP contribution is 2.18. The maximum Gasteiger partial charge on any atom is 0.225 e. The van der Waals surface area contributed by atoms with Crippen molar-refractivity contribution in [2.24, 2.45) is 5.92 Å². The number of rotatable bonds is 3. The molecule has 23 heavy (non-hydrogen) atoms. The first-order valence-electron chi connectivity index (χ1n) is 7.98. The number of carbonyl (C=O) groups is 2. The van der Waals surface area contributed by atoms with Crippen LogP contribution in [0.4, 0.5) is 0 Å². The fraction of sp³-hybridized carbons (Fsp3) is 0.529. The van der Waals surface area contributed by atoms with Gasteiger partial charge in [0.1, 0.15) is 0 Å². The van der Waals surface area contributed by atoms with Crippen molar-refractivity contribution in [3.8, 4) is 0 Å². The highest BCUT2D eigenvalue weighted by Gasteiger charge is 2.26. The summed E-state index contributed by atoms with van der Waals surface area (Å²) in [5.74, 6) is 0.0435. The molecule has 2 amide bonds. The molecule has 1 saturated heterocycles. The second-order valence-electron chi connectivity index (χ2n) is 6.23. The minimum absolute atomic E-state index is 0. The average molecular weight is 338 g/mol. The monoisotopic (exact) mass is 337 g/mol. The van der Waals surface area contributed by atoms with Crippen LogP contribution in [0.15, 0.2) is 18.2 Å². The van der Waals surface area contributed by atoms with Crippen LogP contribution in [0, 0.1) is 5.92 Å². The van der Waals surface area contributed by atoms with Crippen LogP contribution in [0.1, 0.15) is 36.5 Å². The number of hydrogen-bond acceptors (Lipinski definition) is 3. The predicted octanol–water partition coefficient (Wildman–Crippen LogP) is 1.59. The van der Waals surface area contributed by atoms with Gasteiger partial charge in [0.05, 0.1) is 5.92 Å². The number of nitrogens with zero attached hydrogens (tertiary/aromatic N) is 1. The van der Waals surface area contributed by atoms with Crippen molar-refractivity contribution in [2.45, 2.75) is 39.4 Å². The molecule has 1 aromatic carbocycles. The second kappa shape index (κ2) is 7.79. The zero-order chi connectivity index (χ0) is 15.5. The Kier molecular flexibility index (Phi) is 6.02. The summed E-state index contributed by atoms with van der Waals surface area (Å²) in [6.45, 7) is 5.30. The molecule has 0 bridgehead atoms. The van der Waals surface area contributed by atoms with Crippen molar-refractivity contribution in [1.82, 2.24) is 15.5 Å². The molecule has 1 aromatic rings. The summed E-state index contributed by atoms with van der Waals surface area (Å²) in [4.78, 5) is 25.5. The number of carbonyl (C=O) groups excluding carboxylic acids is 2. The van der Waals surface area contributed by atoms with Crippen molar-refractivity contribution in [2.75, 3.05) is 13.1 Å². The molecule has 126 valence electrons. The molecule has 6 heteroatoms. The summed E-state index contributed by atoms with van der Waals surface area (Å²) in [5, 5.41) is 6.34. The third-order valence-electron chi connectivity index (χ3n) is 4.61. The van der Waals surface area contributed by atoms with Gasteiger partial charge in [0.2, 0.25) is 11.8 Å². The zero-order valence-electron chi connectivity index (χ0n) is 13.4. The van der Waals surface area contributed by atoms with Gasteiger partial charge in [-0.15, -0.1) is 12.4 Å². The van der Waals surface area contributed by atoms with E-state index in [4.69, 9.17) is 0 Å². The van der Waals surface area contributed by atoms with Crippen LogP contribution in [-0.4, -0.2) is 29.8 Å². The van der Waals surface area contributed by atoms with E-state index in [-0.39, 0.29) is 30.1 Å². The molecule has 1 unspecified atom stereocenters. The number of hydrogen-bond donors (Lipinski definition) is 2. The number of nitrogens with one attached hydrogen (secondary N) is 2. The van der Waals surface area contributed by atoms with E-state index in [0.29, 0.717) is 13.1 Å². The van der Waals surface area contributed by atoms with Gasteiger partial charge < -0.3 is 15.5 Å². The first-order chi connectivity index (χ1) is 10.6. The van der Waals surface area contributed by atoms with Gasteiger partial charge in [-0.25, -0.2) is 0 Å². The summed E-state index contributed by atoms with van der Waals surface area (Å²) in [6, 6.07) is 6.38. The average Bonchev–Trinajstić information content (AvgIpc) is 3.00. The van der Waals surface area contributed by atoms with E-state index in [2.05, 4.69) is 28.8 Å². The smallest absolute Gasteiger partial charge is 0.225 e. The highest BCUT2D eigenvalue weighted by atomic mass is 35.5. The van der Waals surface area contributed by atoms with Crippen LogP contribution in [0.5, 0.6) is 0 Å². The molecule has 0 saturated carbocycles.